The van der Waals surface area contributed by atoms with Crippen LogP contribution in [0.5, 0.6) is 0 Å². The second-order valence-electron chi connectivity index (χ2n) is 4.01. The highest BCUT2D eigenvalue weighted by Gasteiger charge is 2.13. The minimum atomic E-state index is -1.17. The lowest BCUT2D eigenvalue weighted by Gasteiger charge is -2.22. The lowest BCUT2D eigenvalue weighted by Crippen LogP contribution is -2.09. The van der Waals surface area contributed by atoms with Gasteiger partial charge in [0, 0.05) is 0 Å². The van der Waals surface area contributed by atoms with Gasteiger partial charge in [0.2, 0.25) is 0 Å². The zero-order valence-electron chi connectivity index (χ0n) is 8.45. The molecule has 1 rings (SSSR count). The summed E-state index contributed by atoms with van der Waals surface area (Å²) in [5.41, 5.74) is 0. The van der Waals surface area contributed by atoms with E-state index in [0.717, 1.165) is 11.8 Å². The summed E-state index contributed by atoms with van der Waals surface area (Å²) >= 11 is 0. The maximum atomic E-state index is 7.61. The van der Waals surface area contributed by atoms with Crippen molar-refractivity contribution in [3.63, 3.8) is 0 Å². The van der Waals surface area contributed by atoms with Crippen LogP contribution >= 0.6 is 0 Å². The minimum Gasteiger partial charge on any atom is -0.427 e. The SMILES string of the molecule is CB(O)O.CC1CCCC(C)C1. The van der Waals surface area contributed by atoms with Crippen LogP contribution in [0.3, 0.4) is 0 Å². The van der Waals surface area contributed by atoms with E-state index in [-0.39, 0.29) is 0 Å². The second kappa shape index (κ2) is 6.50. The van der Waals surface area contributed by atoms with Crippen molar-refractivity contribution in [3.8, 4) is 0 Å². The molecule has 0 spiro atoms. The van der Waals surface area contributed by atoms with E-state index in [1.165, 1.54) is 32.5 Å². The van der Waals surface area contributed by atoms with E-state index in [9.17, 15) is 0 Å². The van der Waals surface area contributed by atoms with E-state index in [4.69, 9.17) is 10.0 Å². The van der Waals surface area contributed by atoms with E-state index >= 15 is 0 Å². The topological polar surface area (TPSA) is 40.5 Å². The second-order valence-corrected chi connectivity index (χ2v) is 4.01. The third kappa shape index (κ3) is 8.09. The first kappa shape index (κ1) is 12.0. The van der Waals surface area contributed by atoms with Gasteiger partial charge in [-0.15, -0.1) is 0 Å². The quantitative estimate of drug-likeness (QED) is 0.548. The van der Waals surface area contributed by atoms with Crippen LogP contribution in [0.25, 0.3) is 0 Å². The fraction of sp³-hybridized carbons (Fsp3) is 1.00. The van der Waals surface area contributed by atoms with E-state index in [1.54, 1.807) is 0 Å². The lowest BCUT2D eigenvalue weighted by molar-refractivity contribution is 0.301. The molecule has 0 heterocycles. The molecule has 1 aliphatic rings. The molecule has 0 aromatic rings. The Labute approximate surface area is 76.1 Å². The van der Waals surface area contributed by atoms with Crippen molar-refractivity contribution < 1.29 is 10.0 Å². The van der Waals surface area contributed by atoms with Crippen LogP contribution < -0.4 is 0 Å². The summed E-state index contributed by atoms with van der Waals surface area (Å²) in [6, 6.07) is 0. The van der Waals surface area contributed by atoms with Gasteiger partial charge < -0.3 is 10.0 Å². The summed E-state index contributed by atoms with van der Waals surface area (Å²) < 4.78 is 0. The highest BCUT2D eigenvalue weighted by molar-refractivity contribution is 6.38. The Morgan fingerprint density at radius 3 is 1.58 bits per heavy atom. The molecule has 0 amide bonds. The molecule has 2 atom stereocenters. The Hall–Kier alpha value is -0.0151. The van der Waals surface area contributed by atoms with Crippen molar-refractivity contribution in [2.75, 3.05) is 0 Å². The molecule has 1 fully saturated rings. The molecular weight excluding hydrogens is 151 g/mol. The summed E-state index contributed by atoms with van der Waals surface area (Å²) in [7, 11) is -1.17. The van der Waals surface area contributed by atoms with Crippen LogP contribution in [0, 0.1) is 11.8 Å². The molecule has 0 aliphatic heterocycles. The zero-order chi connectivity index (χ0) is 9.56. The third-order valence-corrected chi connectivity index (χ3v) is 2.20. The van der Waals surface area contributed by atoms with Gasteiger partial charge in [0.1, 0.15) is 0 Å². The van der Waals surface area contributed by atoms with Crippen LogP contribution in [0.4, 0.5) is 0 Å². The highest BCUT2D eigenvalue weighted by atomic mass is 16.4. The first-order valence-electron chi connectivity index (χ1n) is 4.88. The molecule has 3 heteroatoms. The van der Waals surface area contributed by atoms with Gasteiger partial charge in [0.25, 0.3) is 0 Å². The van der Waals surface area contributed by atoms with Crippen molar-refractivity contribution in [2.45, 2.75) is 46.4 Å². The van der Waals surface area contributed by atoms with Gasteiger partial charge in [-0.2, -0.15) is 0 Å². The summed E-state index contributed by atoms with van der Waals surface area (Å²) in [6.07, 6.45) is 5.90. The summed E-state index contributed by atoms with van der Waals surface area (Å²) in [5.74, 6) is 2.03. The smallest absolute Gasteiger partial charge is 0.427 e. The van der Waals surface area contributed by atoms with Crippen LogP contribution in [0.2, 0.25) is 6.82 Å². The van der Waals surface area contributed by atoms with Crippen molar-refractivity contribution in [2.24, 2.45) is 11.8 Å². The highest BCUT2D eigenvalue weighted by Crippen LogP contribution is 2.27. The predicted octanol–water partition coefficient (Wildman–Crippen LogP) is 1.92. The van der Waals surface area contributed by atoms with Gasteiger partial charge in [-0.25, -0.2) is 0 Å². The van der Waals surface area contributed by atoms with E-state index < -0.39 is 7.12 Å². The first-order chi connectivity index (χ1) is 5.52. The third-order valence-electron chi connectivity index (χ3n) is 2.20. The molecule has 12 heavy (non-hydrogen) atoms. The Balaban J connectivity index is 0.000000261. The number of hydrogen-bond acceptors (Lipinski definition) is 2. The van der Waals surface area contributed by atoms with Gasteiger partial charge >= 0.3 is 7.12 Å². The van der Waals surface area contributed by atoms with Crippen molar-refractivity contribution in [3.05, 3.63) is 0 Å². The Bertz CT molecular complexity index is 95.9. The van der Waals surface area contributed by atoms with Crippen LogP contribution in [0.15, 0.2) is 0 Å². The normalized spacial score (nSPS) is 28.8. The van der Waals surface area contributed by atoms with Crippen LogP contribution in [-0.4, -0.2) is 17.2 Å². The average molecular weight is 172 g/mol. The molecule has 2 N–H and O–H groups in total. The molecule has 2 unspecified atom stereocenters. The number of rotatable bonds is 0. The van der Waals surface area contributed by atoms with Crippen molar-refractivity contribution >= 4 is 7.12 Å². The molecule has 1 aliphatic carbocycles. The van der Waals surface area contributed by atoms with Crippen LogP contribution in [0.1, 0.15) is 39.5 Å². The monoisotopic (exact) mass is 172 g/mol. The van der Waals surface area contributed by atoms with Gasteiger partial charge in [-0.05, 0) is 25.1 Å². The Kier molecular flexibility index (Phi) is 6.49. The van der Waals surface area contributed by atoms with Crippen LogP contribution in [-0.2, 0) is 0 Å². The van der Waals surface area contributed by atoms with Gasteiger partial charge in [-0.3, -0.25) is 0 Å². The molecule has 0 aromatic heterocycles. The largest absolute Gasteiger partial charge is 0.448 e. The van der Waals surface area contributed by atoms with Crippen molar-refractivity contribution in [1.29, 1.82) is 0 Å². The predicted molar refractivity (Wildman–Crippen MR) is 52.9 cm³/mol. The standard InChI is InChI=1S/C8H16.CH5BO2/c1-7-4-3-5-8(2)6-7;1-2(3)4/h7-8H,3-6H2,1-2H3;3-4H,1H3. The van der Waals surface area contributed by atoms with Gasteiger partial charge in [-0.1, -0.05) is 33.1 Å². The summed E-state index contributed by atoms with van der Waals surface area (Å²) in [6.45, 7) is 6.02. The molecule has 1 saturated carbocycles. The summed E-state index contributed by atoms with van der Waals surface area (Å²) in [5, 5.41) is 15.2. The molecular formula is C9H21BO2. The van der Waals surface area contributed by atoms with E-state index in [0.29, 0.717) is 0 Å². The minimum absolute atomic E-state index is 1.01. The lowest BCUT2D eigenvalue weighted by atomic mass is 9.84. The molecule has 0 aromatic carbocycles. The van der Waals surface area contributed by atoms with E-state index in [1.807, 2.05) is 0 Å². The fourth-order valence-electron chi connectivity index (χ4n) is 1.74. The molecule has 2 nitrogen and oxygen atoms in total. The average Bonchev–Trinajstić information content (AvgIpc) is 1.84. The molecule has 72 valence electrons. The number of hydrogen-bond donors (Lipinski definition) is 2. The first-order valence-corrected chi connectivity index (χ1v) is 4.88. The Morgan fingerprint density at radius 2 is 1.42 bits per heavy atom. The van der Waals surface area contributed by atoms with E-state index in [2.05, 4.69) is 13.8 Å². The molecule has 0 bridgehead atoms. The van der Waals surface area contributed by atoms with Gasteiger partial charge in [0.15, 0.2) is 0 Å². The summed E-state index contributed by atoms with van der Waals surface area (Å²) in [4.78, 5) is 0. The maximum absolute atomic E-state index is 7.61. The maximum Gasteiger partial charge on any atom is 0.448 e. The fourth-order valence-corrected chi connectivity index (χ4v) is 1.74. The molecule has 0 radical (unpaired) electrons. The van der Waals surface area contributed by atoms with Crippen molar-refractivity contribution in [1.82, 2.24) is 0 Å². The van der Waals surface area contributed by atoms with Gasteiger partial charge in [0.05, 0.1) is 0 Å². The Morgan fingerprint density at radius 1 is 1.08 bits per heavy atom. The molecule has 0 saturated heterocycles. The zero-order valence-corrected chi connectivity index (χ0v) is 8.45.